The third-order valence-corrected chi connectivity index (χ3v) is 0. The van der Waals surface area contributed by atoms with E-state index in [0.717, 1.165) is 0 Å². The summed E-state index contributed by atoms with van der Waals surface area (Å²) in [6, 6.07) is 0. The van der Waals surface area contributed by atoms with E-state index >= 15 is 0 Å². The molecule has 0 saturated carbocycles. The second kappa shape index (κ2) is 5.09. The summed E-state index contributed by atoms with van der Waals surface area (Å²) >= 11 is -4.28. The zero-order valence-corrected chi connectivity index (χ0v) is 4.57. The molecule has 0 amide bonds. The topological polar surface area (TPSA) is 51.2 Å². The Morgan fingerprint density at radius 3 is 1.00 bits per heavy atom. The molecule has 0 aromatic rings. The molecule has 0 aliphatic rings. The van der Waals surface area contributed by atoms with Gasteiger partial charge in [0.25, 0.3) is 0 Å². The summed E-state index contributed by atoms with van der Waals surface area (Å²) in [5.41, 5.74) is 0. The molecule has 0 heterocycles. The normalized spacial score (nSPS) is 4.80. The SMILES string of the molecule is [NaH].[O]=[W](=[O])=[O]. The van der Waals surface area contributed by atoms with Crippen LogP contribution in [0.5, 0.6) is 0 Å². The first kappa shape index (κ1) is 9.43. The average molecular weight is 256 g/mol. The van der Waals surface area contributed by atoms with Crippen LogP contribution in [0, 0.1) is 0 Å². The zero-order chi connectivity index (χ0) is 3.58. The van der Waals surface area contributed by atoms with Crippen molar-refractivity contribution in [2.24, 2.45) is 0 Å². The van der Waals surface area contributed by atoms with Crippen LogP contribution in [0.15, 0.2) is 0 Å². The van der Waals surface area contributed by atoms with Gasteiger partial charge in [0, 0.05) is 0 Å². The molecule has 0 spiro atoms. The van der Waals surface area contributed by atoms with Gasteiger partial charge in [0.1, 0.15) is 0 Å². The van der Waals surface area contributed by atoms with Gasteiger partial charge in [-0.2, -0.15) is 0 Å². The zero-order valence-electron chi connectivity index (χ0n) is 1.63. The van der Waals surface area contributed by atoms with E-state index in [2.05, 4.69) is 0 Å². The number of hydrogen-bond donors (Lipinski definition) is 0. The van der Waals surface area contributed by atoms with Crippen LogP contribution >= 0.6 is 0 Å². The molecule has 0 radical (unpaired) electrons. The Morgan fingerprint density at radius 1 is 1.00 bits per heavy atom. The summed E-state index contributed by atoms with van der Waals surface area (Å²) in [5, 5.41) is 0. The van der Waals surface area contributed by atoms with Crippen LogP contribution in [-0.2, 0) is 27.4 Å². The molecule has 0 unspecified atom stereocenters. The van der Waals surface area contributed by atoms with Crippen LogP contribution in [0.25, 0.3) is 0 Å². The van der Waals surface area contributed by atoms with Crippen LogP contribution in [0.2, 0.25) is 0 Å². The molecule has 0 bridgehead atoms. The van der Waals surface area contributed by atoms with Crippen LogP contribution in [0.3, 0.4) is 0 Å². The second-order valence-electron chi connectivity index (χ2n) is 0.204. The molecule has 0 rings (SSSR count). The van der Waals surface area contributed by atoms with Gasteiger partial charge in [-0.1, -0.05) is 0 Å². The standard InChI is InChI=1S/Na.3O.W.H. The van der Waals surface area contributed by atoms with Gasteiger partial charge in [-0.05, 0) is 0 Å². The van der Waals surface area contributed by atoms with E-state index in [1.165, 1.54) is 0 Å². The summed E-state index contributed by atoms with van der Waals surface area (Å²) in [6.07, 6.45) is 0. The summed E-state index contributed by atoms with van der Waals surface area (Å²) in [5.74, 6) is 0. The predicted molar refractivity (Wildman–Crippen MR) is 9.21 cm³/mol. The Bertz CT molecular complexity index is 76.3. The summed E-state index contributed by atoms with van der Waals surface area (Å²) in [6.45, 7) is 0. The fraction of sp³-hybridized carbons (Fsp3) is 0. The summed E-state index contributed by atoms with van der Waals surface area (Å²) < 4.78 is 25.8. The van der Waals surface area contributed by atoms with Crippen LogP contribution in [0.1, 0.15) is 0 Å². The van der Waals surface area contributed by atoms with E-state index < -0.39 is 17.2 Å². The van der Waals surface area contributed by atoms with Gasteiger partial charge in [0.05, 0.1) is 0 Å². The fourth-order valence-corrected chi connectivity index (χ4v) is 0. The molecule has 0 saturated heterocycles. The molecule has 5 heavy (non-hydrogen) atoms. The molecule has 0 aliphatic carbocycles. The van der Waals surface area contributed by atoms with Crippen molar-refractivity contribution < 1.29 is 27.4 Å². The van der Waals surface area contributed by atoms with Crippen molar-refractivity contribution in [3.8, 4) is 0 Å². The molecule has 0 atom stereocenters. The predicted octanol–water partition coefficient (Wildman–Crippen LogP) is -1.01. The van der Waals surface area contributed by atoms with Crippen molar-refractivity contribution >= 4 is 29.6 Å². The van der Waals surface area contributed by atoms with Gasteiger partial charge in [-0.15, -0.1) is 0 Å². The molecule has 26 valence electrons. The second-order valence-corrected chi connectivity index (χ2v) is 1.67. The van der Waals surface area contributed by atoms with Gasteiger partial charge in [0.15, 0.2) is 0 Å². The molecule has 3 nitrogen and oxygen atoms in total. The molecule has 0 N–H and O–H groups in total. The quantitative estimate of drug-likeness (QED) is 0.522. The molecule has 0 aromatic carbocycles. The summed E-state index contributed by atoms with van der Waals surface area (Å²) in [7, 11) is 0. The Labute approximate surface area is 56.5 Å². The Morgan fingerprint density at radius 2 is 1.00 bits per heavy atom. The first-order chi connectivity index (χ1) is 1.73. The Hall–Kier alpha value is 1.09. The first-order valence-corrected chi connectivity index (χ1v) is 4.09. The van der Waals surface area contributed by atoms with E-state index in [0.29, 0.717) is 0 Å². The monoisotopic (exact) mass is 256 g/mol. The van der Waals surface area contributed by atoms with Crippen molar-refractivity contribution in [1.29, 1.82) is 0 Å². The molecular formula is HNaO3W. The van der Waals surface area contributed by atoms with Crippen molar-refractivity contribution in [2.45, 2.75) is 0 Å². The fourth-order valence-electron chi connectivity index (χ4n) is 0. The van der Waals surface area contributed by atoms with Gasteiger partial charge in [0.2, 0.25) is 0 Å². The van der Waals surface area contributed by atoms with E-state index in [1.807, 2.05) is 0 Å². The van der Waals surface area contributed by atoms with Crippen molar-refractivity contribution in [2.75, 3.05) is 0 Å². The third-order valence-electron chi connectivity index (χ3n) is 0. The van der Waals surface area contributed by atoms with E-state index in [-0.39, 0.29) is 29.6 Å². The van der Waals surface area contributed by atoms with Gasteiger partial charge < -0.3 is 0 Å². The first-order valence-electron chi connectivity index (χ1n) is 0.500. The molecular weight excluding hydrogens is 255 g/mol. The summed E-state index contributed by atoms with van der Waals surface area (Å²) in [4.78, 5) is 0. The Balaban J connectivity index is 0. The van der Waals surface area contributed by atoms with E-state index in [1.54, 1.807) is 0 Å². The minimum absolute atomic E-state index is 0. The minimum atomic E-state index is -4.28. The Kier molecular flexibility index (Phi) is 9.60. The molecule has 5 heteroatoms. The van der Waals surface area contributed by atoms with Gasteiger partial charge in [-0.3, -0.25) is 0 Å². The van der Waals surface area contributed by atoms with Crippen LogP contribution < -0.4 is 0 Å². The van der Waals surface area contributed by atoms with Gasteiger partial charge in [-0.25, -0.2) is 0 Å². The number of hydrogen-bond acceptors (Lipinski definition) is 3. The van der Waals surface area contributed by atoms with Crippen molar-refractivity contribution in [1.82, 2.24) is 0 Å². The van der Waals surface area contributed by atoms with E-state index in [9.17, 15) is 0 Å². The van der Waals surface area contributed by atoms with Crippen LogP contribution in [0.4, 0.5) is 0 Å². The van der Waals surface area contributed by atoms with Crippen molar-refractivity contribution in [3.63, 3.8) is 0 Å². The molecule has 0 fully saturated rings. The van der Waals surface area contributed by atoms with Crippen molar-refractivity contribution in [3.05, 3.63) is 0 Å². The van der Waals surface area contributed by atoms with Gasteiger partial charge >= 0.3 is 57.0 Å². The van der Waals surface area contributed by atoms with Crippen LogP contribution in [-0.4, -0.2) is 29.6 Å². The molecule has 0 aromatic heterocycles. The average Bonchev–Trinajstić information content (AvgIpc) is 0.811. The molecule has 0 aliphatic heterocycles. The third kappa shape index (κ3) is 41.0. The maximum atomic E-state index is 8.61. The van der Waals surface area contributed by atoms with E-state index in [4.69, 9.17) is 10.2 Å². The maximum absolute atomic E-state index is 8.61. The number of rotatable bonds is 0.